The summed E-state index contributed by atoms with van der Waals surface area (Å²) in [6, 6.07) is 3.72. The standard InChI is InChI=1S/C17H16F3NO2/c1-5-8-21(9-17(18,19)20)16(22)15-12(4)13-10(2)6-7-11(3)14(13)23-15/h1,6-7H,8-9H2,2-4H3. The molecule has 0 aliphatic heterocycles. The number of fused-ring (bicyclic) bond motifs is 1. The summed E-state index contributed by atoms with van der Waals surface area (Å²) in [7, 11) is 0. The zero-order chi connectivity index (χ0) is 17.4. The Balaban J connectivity index is 2.52. The number of hydrogen-bond acceptors (Lipinski definition) is 2. The number of carbonyl (C=O) groups is 1. The molecular weight excluding hydrogens is 307 g/mol. The van der Waals surface area contributed by atoms with E-state index in [4.69, 9.17) is 10.8 Å². The fourth-order valence-electron chi connectivity index (χ4n) is 2.55. The molecule has 122 valence electrons. The molecule has 2 aromatic rings. The minimum Gasteiger partial charge on any atom is -0.450 e. The molecule has 3 nitrogen and oxygen atoms in total. The lowest BCUT2D eigenvalue weighted by Gasteiger charge is -2.20. The van der Waals surface area contributed by atoms with Crippen molar-refractivity contribution in [2.45, 2.75) is 26.9 Å². The van der Waals surface area contributed by atoms with Crippen molar-refractivity contribution in [1.82, 2.24) is 4.90 Å². The average Bonchev–Trinajstić information content (AvgIpc) is 2.79. The van der Waals surface area contributed by atoms with Crippen molar-refractivity contribution >= 4 is 16.9 Å². The Morgan fingerprint density at radius 3 is 2.39 bits per heavy atom. The second-order valence-electron chi connectivity index (χ2n) is 5.44. The van der Waals surface area contributed by atoms with Gasteiger partial charge in [-0.05, 0) is 31.9 Å². The summed E-state index contributed by atoms with van der Waals surface area (Å²) in [5.74, 6) is 1.13. The first-order valence-electron chi connectivity index (χ1n) is 6.94. The van der Waals surface area contributed by atoms with Gasteiger partial charge in [0.1, 0.15) is 12.1 Å². The van der Waals surface area contributed by atoms with Gasteiger partial charge in [-0.2, -0.15) is 13.2 Å². The summed E-state index contributed by atoms with van der Waals surface area (Å²) in [5, 5.41) is 0.751. The highest BCUT2D eigenvalue weighted by Gasteiger charge is 2.35. The number of terminal acetylenes is 1. The maximum atomic E-state index is 12.6. The van der Waals surface area contributed by atoms with Gasteiger partial charge in [0, 0.05) is 10.9 Å². The van der Waals surface area contributed by atoms with Crippen LogP contribution in [-0.2, 0) is 0 Å². The molecule has 1 aromatic carbocycles. The van der Waals surface area contributed by atoms with Gasteiger partial charge in [-0.1, -0.05) is 18.1 Å². The van der Waals surface area contributed by atoms with Gasteiger partial charge in [0.15, 0.2) is 5.76 Å². The van der Waals surface area contributed by atoms with Crippen molar-refractivity contribution in [2.24, 2.45) is 0 Å². The molecule has 0 spiro atoms. The van der Waals surface area contributed by atoms with Crippen LogP contribution < -0.4 is 0 Å². The molecule has 1 aromatic heterocycles. The van der Waals surface area contributed by atoms with Gasteiger partial charge in [0.25, 0.3) is 5.91 Å². The van der Waals surface area contributed by atoms with Gasteiger partial charge < -0.3 is 9.32 Å². The van der Waals surface area contributed by atoms with Gasteiger partial charge >= 0.3 is 6.18 Å². The van der Waals surface area contributed by atoms with Crippen molar-refractivity contribution in [3.05, 3.63) is 34.6 Å². The maximum Gasteiger partial charge on any atom is 0.406 e. The highest BCUT2D eigenvalue weighted by Crippen LogP contribution is 2.31. The fourth-order valence-corrected chi connectivity index (χ4v) is 2.55. The number of furan rings is 1. The van der Waals surface area contributed by atoms with E-state index in [2.05, 4.69) is 5.92 Å². The number of alkyl halides is 3. The van der Waals surface area contributed by atoms with Crippen LogP contribution in [0.5, 0.6) is 0 Å². The van der Waals surface area contributed by atoms with E-state index >= 15 is 0 Å². The third-order valence-electron chi connectivity index (χ3n) is 3.62. The molecule has 0 aliphatic carbocycles. The van der Waals surface area contributed by atoms with Crippen LogP contribution in [0.3, 0.4) is 0 Å². The van der Waals surface area contributed by atoms with Gasteiger partial charge in [-0.15, -0.1) is 6.42 Å². The number of carbonyl (C=O) groups excluding carboxylic acids is 1. The van der Waals surface area contributed by atoms with Gasteiger partial charge in [0.05, 0.1) is 6.54 Å². The second kappa shape index (κ2) is 5.99. The SMILES string of the molecule is C#CCN(CC(F)(F)F)C(=O)c1oc2c(C)ccc(C)c2c1C. The minimum absolute atomic E-state index is 0.100. The highest BCUT2D eigenvalue weighted by molar-refractivity contribution is 6.00. The molecule has 0 aliphatic rings. The van der Waals surface area contributed by atoms with E-state index in [1.807, 2.05) is 26.0 Å². The first-order valence-corrected chi connectivity index (χ1v) is 6.94. The van der Waals surface area contributed by atoms with Crippen LogP contribution in [0.1, 0.15) is 27.2 Å². The molecule has 0 bridgehead atoms. The van der Waals surface area contributed by atoms with E-state index in [1.54, 1.807) is 6.92 Å². The predicted molar refractivity (Wildman–Crippen MR) is 81.2 cm³/mol. The summed E-state index contributed by atoms with van der Waals surface area (Å²) in [6.45, 7) is 3.48. The lowest BCUT2D eigenvalue weighted by atomic mass is 10.0. The predicted octanol–water partition coefficient (Wildman–Crippen LogP) is 4.00. The topological polar surface area (TPSA) is 33.5 Å². The Morgan fingerprint density at radius 2 is 1.87 bits per heavy atom. The van der Waals surface area contributed by atoms with Gasteiger partial charge in [-0.25, -0.2) is 0 Å². The number of benzene rings is 1. The summed E-state index contributed by atoms with van der Waals surface area (Å²) in [5.41, 5.74) is 2.74. The second-order valence-corrected chi connectivity index (χ2v) is 5.44. The molecule has 23 heavy (non-hydrogen) atoms. The van der Waals surface area contributed by atoms with E-state index in [1.165, 1.54) is 0 Å². The van der Waals surface area contributed by atoms with E-state index < -0.39 is 25.2 Å². The molecule has 0 radical (unpaired) electrons. The normalized spacial score (nSPS) is 11.5. The van der Waals surface area contributed by atoms with Crippen LogP contribution in [-0.4, -0.2) is 30.1 Å². The summed E-state index contributed by atoms with van der Waals surface area (Å²) in [4.78, 5) is 13.0. The van der Waals surface area contributed by atoms with Crippen LogP contribution in [0.4, 0.5) is 13.2 Å². The first-order chi connectivity index (χ1) is 10.7. The third-order valence-corrected chi connectivity index (χ3v) is 3.62. The zero-order valence-electron chi connectivity index (χ0n) is 13.0. The Bertz CT molecular complexity index is 797. The molecule has 0 saturated heterocycles. The Labute approximate surface area is 132 Å². The number of halogens is 3. The van der Waals surface area contributed by atoms with Crippen LogP contribution >= 0.6 is 0 Å². The lowest BCUT2D eigenvalue weighted by molar-refractivity contribution is -0.139. The summed E-state index contributed by atoms with van der Waals surface area (Å²) >= 11 is 0. The van der Waals surface area contributed by atoms with Crippen molar-refractivity contribution in [3.8, 4) is 12.3 Å². The van der Waals surface area contributed by atoms with E-state index in [0.717, 1.165) is 16.5 Å². The molecule has 0 unspecified atom stereocenters. The van der Waals surface area contributed by atoms with E-state index in [-0.39, 0.29) is 5.76 Å². The quantitative estimate of drug-likeness (QED) is 0.800. The zero-order valence-corrected chi connectivity index (χ0v) is 13.0. The maximum absolute atomic E-state index is 12.6. The molecule has 0 N–H and O–H groups in total. The Morgan fingerprint density at radius 1 is 1.26 bits per heavy atom. The number of amides is 1. The molecule has 1 heterocycles. The first kappa shape index (κ1) is 16.9. The van der Waals surface area contributed by atoms with E-state index in [9.17, 15) is 18.0 Å². The highest BCUT2D eigenvalue weighted by atomic mass is 19.4. The fraction of sp³-hybridized carbons (Fsp3) is 0.353. The third kappa shape index (κ3) is 3.34. The van der Waals surface area contributed by atoms with Crippen LogP contribution in [0, 0.1) is 33.1 Å². The average molecular weight is 323 g/mol. The van der Waals surface area contributed by atoms with Gasteiger partial charge in [-0.3, -0.25) is 4.79 Å². The molecule has 2 rings (SSSR count). The smallest absolute Gasteiger partial charge is 0.406 e. The van der Waals surface area contributed by atoms with Crippen LogP contribution in [0.25, 0.3) is 11.0 Å². The van der Waals surface area contributed by atoms with Crippen LogP contribution in [0.2, 0.25) is 0 Å². The monoisotopic (exact) mass is 323 g/mol. The molecule has 0 saturated carbocycles. The molecular formula is C17H16F3NO2. The number of aryl methyl sites for hydroxylation is 3. The number of nitrogens with zero attached hydrogens (tertiary/aromatic N) is 1. The summed E-state index contributed by atoms with van der Waals surface area (Å²) < 4.78 is 43.5. The largest absolute Gasteiger partial charge is 0.450 e. The molecule has 6 heteroatoms. The molecule has 0 atom stereocenters. The van der Waals surface area contributed by atoms with Gasteiger partial charge in [0.2, 0.25) is 0 Å². The van der Waals surface area contributed by atoms with Crippen molar-refractivity contribution in [2.75, 3.05) is 13.1 Å². The van der Waals surface area contributed by atoms with Crippen molar-refractivity contribution in [3.63, 3.8) is 0 Å². The van der Waals surface area contributed by atoms with Crippen LogP contribution in [0.15, 0.2) is 16.5 Å². The molecule has 0 fully saturated rings. The lowest BCUT2D eigenvalue weighted by Crippen LogP contribution is -2.39. The summed E-state index contributed by atoms with van der Waals surface area (Å²) in [6.07, 6.45) is 0.554. The van der Waals surface area contributed by atoms with Crippen molar-refractivity contribution < 1.29 is 22.4 Å². The Hall–Kier alpha value is -2.42. The minimum atomic E-state index is -4.53. The molecule has 1 amide bonds. The Kier molecular flexibility index (Phi) is 4.42. The number of hydrogen-bond donors (Lipinski definition) is 0. The number of rotatable bonds is 3. The van der Waals surface area contributed by atoms with E-state index in [0.29, 0.717) is 16.0 Å². The van der Waals surface area contributed by atoms with Crippen molar-refractivity contribution in [1.29, 1.82) is 0 Å².